The Labute approximate surface area is 110 Å². The summed E-state index contributed by atoms with van der Waals surface area (Å²) in [6, 6.07) is 3.07. The summed E-state index contributed by atoms with van der Waals surface area (Å²) in [7, 11) is 0. The maximum absolute atomic E-state index is 12.8. The molecule has 0 aliphatic carbocycles. The van der Waals surface area contributed by atoms with E-state index in [2.05, 4.69) is 22.2 Å². The van der Waals surface area contributed by atoms with Crippen LogP contribution in [-0.2, 0) is 6.54 Å². The van der Waals surface area contributed by atoms with Gasteiger partial charge < -0.3 is 5.32 Å². The molecule has 0 radical (unpaired) electrons. The zero-order chi connectivity index (χ0) is 13.0. The van der Waals surface area contributed by atoms with E-state index in [4.69, 9.17) is 0 Å². The number of nitrogens with zero attached hydrogens (tertiary/aromatic N) is 2. The molecule has 18 heavy (non-hydrogen) atoms. The Balaban J connectivity index is 2.15. The summed E-state index contributed by atoms with van der Waals surface area (Å²) < 4.78 is 12.8. The molecule has 0 amide bonds. The van der Waals surface area contributed by atoms with Gasteiger partial charge >= 0.3 is 0 Å². The fourth-order valence-electron chi connectivity index (χ4n) is 1.58. The van der Waals surface area contributed by atoms with Gasteiger partial charge in [-0.25, -0.2) is 9.37 Å². The third-order valence-corrected chi connectivity index (χ3v) is 3.73. The van der Waals surface area contributed by atoms with Crippen LogP contribution >= 0.6 is 11.3 Å². The Kier molecular flexibility index (Phi) is 4.38. The Hall–Kier alpha value is -1.33. The summed E-state index contributed by atoms with van der Waals surface area (Å²) in [4.78, 5) is 9.75. The van der Waals surface area contributed by atoms with E-state index in [-0.39, 0.29) is 5.82 Å². The lowest BCUT2D eigenvalue weighted by atomic mass is 10.3. The average Bonchev–Trinajstić information content (AvgIpc) is 2.72. The van der Waals surface area contributed by atoms with E-state index in [0.29, 0.717) is 0 Å². The Morgan fingerprint density at radius 1 is 1.39 bits per heavy atom. The van der Waals surface area contributed by atoms with Crippen molar-refractivity contribution in [2.24, 2.45) is 0 Å². The van der Waals surface area contributed by atoms with Gasteiger partial charge in [-0.1, -0.05) is 6.92 Å². The van der Waals surface area contributed by atoms with Crippen LogP contribution in [0.15, 0.2) is 18.3 Å². The summed E-state index contributed by atoms with van der Waals surface area (Å²) in [5.74, 6) is -0.322. The number of hydrogen-bond acceptors (Lipinski definition) is 4. The first kappa shape index (κ1) is 13.1. The zero-order valence-corrected chi connectivity index (χ0v) is 11.4. The highest BCUT2D eigenvalue weighted by molar-refractivity contribution is 7.15. The Morgan fingerprint density at radius 2 is 2.22 bits per heavy atom. The molecule has 2 aromatic heterocycles. The third kappa shape index (κ3) is 3.11. The quantitative estimate of drug-likeness (QED) is 0.844. The van der Waals surface area contributed by atoms with Crippen LogP contribution in [-0.4, -0.2) is 16.5 Å². The van der Waals surface area contributed by atoms with Crippen molar-refractivity contribution >= 4 is 11.3 Å². The number of pyridine rings is 1. The first-order valence-corrected chi connectivity index (χ1v) is 6.81. The highest BCUT2D eigenvalue weighted by atomic mass is 32.1. The van der Waals surface area contributed by atoms with E-state index in [1.54, 1.807) is 17.4 Å². The van der Waals surface area contributed by atoms with Gasteiger partial charge in [0.15, 0.2) is 0 Å². The summed E-state index contributed by atoms with van der Waals surface area (Å²) in [5.41, 5.74) is 1.75. The zero-order valence-electron chi connectivity index (χ0n) is 10.5. The van der Waals surface area contributed by atoms with Crippen LogP contribution < -0.4 is 5.32 Å². The number of aryl methyl sites for hydroxylation is 1. The predicted octanol–water partition coefficient (Wildman–Crippen LogP) is 3.15. The topological polar surface area (TPSA) is 37.8 Å². The molecule has 2 aromatic rings. The summed E-state index contributed by atoms with van der Waals surface area (Å²) in [5, 5.41) is 4.20. The molecule has 0 saturated carbocycles. The maximum atomic E-state index is 12.8. The average molecular weight is 265 g/mol. The summed E-state index contributed by atoms with van der Waals surface area (Å²) >= 11 is 1.61. The molecule has 0 unspecified atom stereocenters. The maximum Gasteiger partial charge on any atom is 0.142 e. The molecule has 0 fully saturated rings. The summed E-state index contributed by atoms with van der Waals surface area (Å²) in [6.07, 6.45) is 2.34. The molecule has 0 aliphatic heterocycles. The second-order valence-corrected chi connectivity index (χ2v) is 5.15. The minimum Gasteiger partial charge on any atom is -0.312 e. The molecule has 0 aromatic carbocycles. The highest BCUT2D eigenvalue weighted by Gasteiger charge is 2.10. The van der Waals surface area contributed by atoms with Gasteiger partial charge in [-0.3, -0.25) is 4.98 Å². The number of nitrogens with one attached hydrogen (secondary N) is 1. The SMILES string of the molecule is CCCNCc1sc(-c2ccc(F)cn2)nc1C. The van der Waals surface area contributed by atoms with Gasteiger partial charge in [0, 0.05) is 11.4 Å². The second kappa shape index (κ2) is 6.02. The highest BCUT2D eigenvalue weighted by Crippen LogP contribution is 2.26. The fraction of sp³-hybridized carbons (Fsp3) is 0.385. The fourth-order valence-corrected chi connectivity index (χ4v) is 2.59. The van der Waals surface area contributed by atoms with Crippen LogP contribution in [0.5, 0.6) is 0 Å². The standard InChI is InChI=1S/C13H16FN3S/c1-3-6-15-8-12-9(2)17-13(18-12)11-5-4-10(14)7-16-11/h4-5,7,15H,3,6,8H2,1-2H3. The lowest BCUT2D eigenvalue weighted by Gasteiger charge is -1.99. The monoisotopic (exact) mass is 265 g/mol. The van der Waals surface area contributed by atoms with E-state index in [1.807, 2.05) is 6.92 Å². The van der Waals surface area contributed by atoms with E-state index >= 15 is 0 Å². The molecule has 2 rings (SSSR count). The molecular formula is C13H16FN3S. The number of thiazole rings is 1. The van der Waals surface area contributed by atoms with Gasteiger partial charge in [-0.05, 0) is 32.0 Å². The number of aromatic nitrogens is 2. The normalized spacial score (nSPS) is 10.8. The van der Waals surface area contributed by atoms with Crippen molar-refractivity contribution in [2.75, 3.05) is 6.54 Å². The second-order valence-electron chi connectivity index (χ2n) is 4.07. The third-order valence-electron chi connectivity index (χ3n) is 2.55. The molecule has 0 spiro atoms. The number of hydrogen-bond donors (Lipinski definition) is 1. The molecule has 0 aliphatic rings. The van der Waals surface area contributed by atoms with Gasteiger partial charge in [0.25, 0.3) is 0 Å². The van der Waals surface area contributed by atoms with Gasteiger partial charge in [0.05, 0.1) is 17.6 Å². The number of rotatable bonds is 5. The van der Waals surface area contributed by atoms with Gasteiger partial charge in [-0.2, -0.15) is 0 Å². The van der Waals surface area contributed by atoms with Crippen molar-refractivity contribution in [2.45, 2.75) is 26.8 Å². The molecule has 5 heteroatoms. The minimum atomic E-state index is -0.322. The summed E-state index contributed by atoms with van der Waals surface area (Å²) in [6.45, 7) is 5.97. The van der Waals surface area contributed by atoms with Crippen molar-refractivity contribution in [3.05, 3.63) is 34.7 Å². The first-order valence-electron chi connectivity index (χ1n) is 5.99. The molecule has 1 N–H and O–H groups in total. The molecule has 2 heterocycles. The van der Waals surface area contributed by atoms with E-state index in [1.165, 1.54) is 17.1 Å². The van der Waals surface area contributed by atoms with Crippen molar-refractivity contribution < 1.29 is 4.39 Å². The minimum absolute atomic E-state index is 0.322. The van der Waals surface area contributed by atoms with Crippen LogP contribution in [0, 0.1) is 12.7 Å². The molecule has 96 valence electrons. The van der Waals surface area contributed by atoms with Gasteiger partial charge in [0.1, 0.15) is 10.8 Å². The van der Waals surface area contributed by atoms with E-state index < -0.39 is 0 Å². The van der Waals surface area contributed by atoms with E-state index in [9.17, 15) is 4.39 Å². The van der Waals surface area contributed by atoms with Crippen LogP contribution in [0.1, 0.15) is 23.9 Å². The largest absolute Gasteiger partial charge is 0.312 e. The van der Waals surface area contributed by atoms with Crippen LogP contribution in [0.25, 0.3) is 10.7 Å². The van der Waals surface area contributed by atoms with Crippen molar-refractivity contribution in [1.29, 1.82) is 0 Å². The van der Waals surface area contributed by atoms with Gasteiger partial charge in [-0.15, -0.1) is 11.3 Å². The predicted molar refractivity (Wildman–Crippen MR) is 72.0 cm³/mol. The molecule has 0 atom stereocenters. The smallest absolute Gasteiger partial charge is 0.142 e. The van der Waals surface area contributed by atoms with E-state index in [0.717, 1.165) is 35.9 Å². The van der Waals surface area contributed by atoms with Gasteiger partial charge in [0.2, 0.25) is 0 Å². The first-order chi connectivity index (χ1) is 8.70. The Bertz CT molecular complexity index is 507. The Morgan fingerprint density at radius 3 is 2.89 bits per heavy atom. The van der Waals surface area contributed by atoms with Crippen LogP contribution in [0.4, 0.5) is 4.39 Å². The lowest BCUT2D eigenvalue weighted by molar-refractivity contribution is 0.622. The molecule has 0 saturated heterocycles. The van der Waals surface area contributed by atoms with Crippen LogP contribution in [0.3, 0.4) is 0 Å². The lowest BCUT2D eigenvalue weighted by Crippen LogP contribution is -2.13. The van der Waals surface area contributed by atoms with Crippen molar-refractivity contribution in [1.82, 2.24) is 15.3 Å². The van der Waals surface area contributed by atoms with Crippen LogP contribution in [0.2, 0.25) is 0 Å². The molecule has 0 bridgehead atoms. The molecule has 3 nitrogen and oxygen atoms in total. The van der Waals surface area contributed by atoms with Crippen molar-refractivity contribution in [3.8, 4) is 10.7 Å². The number of halogens is 1. The van der Waals surface area contributed by atoms with Crippen molar-refractivity contribution in [3.63, 3.8) is 0 Å². The molecular weight excluding hydrogens is 249 g/mol.